The van der Waals surface area contributed by atoms with Gasteiger partial charge >= 0.3 is 5.97 Å². The lowest BCUT2D eigenvalue weighted by Crippen LogP contribution is -2.20. The second-order valence-corrected chi connectivity index (χ2v) is 10.7. The topological polar surface area (TPSA) is 89.5 Å². The Bertz CT molecular complexity index is 1160. The molecule has 3 aromatic rings. The van der Waals surface area contributed by atoms with Gasteiger partial charge < -0.3 is 10.1 Å². The van der Waals surface area contributed by atoms with Gasteiger partial charge in [-0.05, 0) is 36.4 Å². The van der Waals surface area contributed by atoms with Gasteiger partial charge in [0.25, 0.3) is 5.91 Å². The first-order valence-corrected chi connectivity index (χ1v) is 12.2. The van der Waals surface area contributed by atoms with E-state index < -0.39 is 15.8 Å². The number of benzene rings is 1. The van der Waals surface area contributed by atoms with E-state index in [-0.39, 0.29) is 36.0 Å². The quantitative estimate of drug-likeness (QED) is 0.629. The normalized spacial score (nSPS) is 15.2. The molecule has 1 aliphatic rings. The van der Waals surface area contributed by atoms with Crippen LogP contribution in [-0.4, -0.2) is 32.7 Å². The van der Waals surface area contributed by atoms with E-state index in [2.05, 4.69) is 5.32 Å². The summed E-state index contributed by atoms with van der Waals surface area (Å²) in [5, 5.41) is 4.13. The highest BCUT2D eigenvalue weighted by Gasteiger charge is 2.32. The summed E-state index contributed by atoms with van der Waals surface area (Å²) in [7, 11) is -3.19. The molecule has 1 aliphatic heterocycles. The van der Waals surface area contributed by atoms with E-state index in [0.717, 1.165) is 21.4 Å². The number of ether oxygens (including phenoxy) is 1. The number of carbonyl (C=O) groups excluding carboxylic acids is 2. The smallest absolute Gasteiger partial charge is 0.341 e. The maximum Gasteiger partial charge on any atom is 0.341 e. The third kappa shape index (κ3) is 3.57. The van der Waals surface area contributed by atoms with Crippen LogP contribution < -0.4 is 5.32 Å². The van der Waals surface area contributed by atoms with Crippen molar-refractivity contribution in [1.29, 1.82) is 0 Å². The van der Waals surface area contributed by atoms with E-state index >= 15 is 0 Å². The number of hydrogen-bond donors (Lipinski definition) is 1. The van der Waals surface area contributed by atoms with Crippen molar-refractivity contribution in [3.05, 3.63) is 51.2 Å². The molecule has 2 aromatic heterocycles. The van der Waals surface area contributed by atoms with Crippen LogP contribution in [0.3, 0.4) is 0 Å². The minimum atomic E-state index is -3.19. The van der Waals surface area contributed by atoms with Crippen LogP contribution in [0, 0.1) is 0 Å². The SMILES string of the molecule is CCOC(=O)c1c(NC(=O)c2cc3ccccc3s2)sc2c1CCS(=O)(=O)C2. The Hall–Kier alpha value is -2.23. The molecule has 4 rings (SSSR count). The Kier molecular flexibility index (Phi) is 4.98. The Morgan fingerprint density at radius 3 is 2.75 bits per heavy atom. The van der Waals surface area contributed by atoms with Crippen LogP contribution in [0.1, 0.15) is 37.4 Å². The number of esters is 1. The number of carbonyl (C=O) groups is 2. The van der Waals surface area contributed by atoms with Crippen LogP contribution in [0.2, 0.25) is 0 Å². The number of hydrogen-bond acceptors (Lipinski definition) is 7. The molecule has 28 heavy (non-hydrogen) atoms. The summed E-state index contributed by atoms with van der Waals surface area (Å²) in [5.74, 6) is -0.982. The van der Waals surface area contributed by atoms with E-state index in [1.54, 1.807) is 13.0 Å². The average molecular weight is 436 g/mol. The highest BCUT2D eigenvalue weighted by atomic mass is 32.2. The van der Waals surface area contributed by atoms with Crippen LogP contribution >= 0.6 is 22.7 Å². The molecule has 146 valence electrons. The number of amides is 1. The monoisotopic (exact) mass is 435 g/mol. The van der Waals surface area contributed by atoms with E-state index in [4.69, 9.17) is 4.74 Å². The molecular weight excluding hydrogens is 418 g/mol. The van der Waals surface area contributed by atoms with E-state index in [1.165, 1.54) is 11.3 Å². The summed E-state index contributed by atoms with van der Waals surface area (Å²) in [6.07, 6.45) is 0.251. The summed E-state index contributed by atoms with van der Waals surface area (Å²) < 4.78 is 30.1. The predicted octanol–water partition coefficient (Wildman–Crippen LogP) is 3.86. The second kappa shape index (κ2) is 7.31. The number of fused-ring (bicyclic) bond motifs is 2. The highest BCUT2D eigenvalue weighted by Crippen LogP contribution is 2.39. The fourth-order valence-corrected chi connectivity index (χ4v) is 7.18. The molecule has 6 nitrogen and oxygen atoms in total. The minimum Gasteiger partial charge on any atom is -0.462 e. The van der Waals surface area contributed by atoms with E-state index in [9.17, 15) is 18.0 Å². The molecule has 0 spiro atoms. The number of anilines is 1. The van der Waals surface area contributed by atoms with Crippen LogP contribution in [0.25, 0.3) is 10.1 Å². The summed E-state index contributed by atoms with van der Waals surface area (Å²) in [6, 6.07) is 9.49. The maximum atomic E-state index is 12.8. The summed E-state index contributed by atoms with van der Waals surface area (Å²) in [4.78, 5) is 26.4. The number of thiophene rings is 2. The number of rotatable bonds is 4. The molecule has 0 fully saturated rings. The molecule has 0 bridgehead atoms. The van der Waals surface area contributed by atoms with Crippen LogP contribution in [0.5, 0.6) is 0 Å². The summed E-state index contributed by atoms with van der Waals surface area (Å²) in [5.41, 5.74) is 0.955. The third-order valence-corrected chi connectivity index (χ3v) is 8.46. The van der Waals surface area contributed by atoms with Gasteiger partial charge in [0.1, 0.15) is 5.00 Å². The van der Waals surface area contributed by atoms with Gasteiger partial charge in [0.2, 0.25) is 0 Å². The first-order chi connectivity index (χ1) is 13.4. The van der Waals surface area contributed by atoms with Crippen molar-refractivity contribution in [2.24, 2.45) is 0 Å². The van der Waals surface area contributed by atoms with Crippen molar-refractivity contribution in [2.45, 2.75) is 19.1 Å². The van der Waals surface area contributed by atoms with Gasteiger partial charge in [-0.3, -0.25) is 4.79 Å². The van der Waals surface area contributed by atoms with Crippen LogP contribution in [-0.2, 0) is 26.7 Å². The largest absolute Gasteiger partial charge is 0.462 e. The van der Waals surface area contributed by atoms with Gasteiger partial charge in [0.15, 0.2) is 9.84 Å². The minimum absolute atomic E-state index is 0.00710. The van der Waals surface area contributed by atoms with Crippen LogP contribution in [0.4, 0.5) is 5.00 Å². The second-order valence-electron chi connectivity index (χ2n) is 6.37. The lowest BCUT2D eigenvalue weighted by Gasteiger charge is -2.13. The average Bonchev–Trinajstić information content (AvgIpc) is 3.21. The van der Waals surface area contributed by atoms with Crippen LogP contribution in [0.15, 0.2) is 30.3 Å². The van der Waals surface area contributed by atoms with Gasteiger partial charge in [-0.1, -0.05) is 18.2 Å². The van der Waals surface area contributed by atoms with Crippen molar-refractivity contribution in [3.8, 4) is 0 Å². The van der Waals surface area contributed by atoms with Crippen molar-refractivity contribution in [2.75, 3.05) is 17.7 Å². The molecule has 0 saturated heterocycles. The first-order valence-electron chi connectivity index (χ1n) is 8.70. The van der Waals surface area contributed by atoms with Crippen molar-refractivity contribution < 1.29 is 22.7 Å². The molecule has 0 saturated carbocycles. The molecule has 3 heterocycles. The molecule has 0 aliphatic carbocycles. The zero-order chi connectivity index (χ0) is 19.9. The highest BCUT2D eigenvalue weighted by molar-refractivity contribution is 7.90. The fraction of sp³-hybridized carbons (Fsp3) is 0.263. The number of nitrogens with one attached hydrogen (secondary N) is 1. The lowest BCUT2D eigenvalue weighted by atomic mass is 10.1. The maximum absolute atomic E-state index is 12.8. The fourth-order valence-electron chi connectivity index (χ4n) is 3.19. The summed E-state index contributed by atoms with van der Waals surface area (Å²) in [6.45, 7) is 1.90. The van der Waals surface area contributed by atoms with Gasteiger partial charge in [-0.2, -0.15) is 0 Å². The van der Waals surface area contributed by atoms with E-state index in [1.807, 2.05) is 24.3 Å². The molecule has 0 atom stereocenters. The Labute approximate surface area is 170 Å². The van der Waals surface area contributed by atoms with Gasteiger partial charge in [-0.25, -0.2) is 13.2 Å². The molecule has 0 radical (unpaired) electrons. The zero-order valence-electron chi connectivity index (χ0n) is 15.0. The molecule has 9 heteroatoms. The molecule has 1 amide bonds. The van der Waals surface area contributed by atoms with Crippen molar-refractivity contribution in [3.63, 3.8) is 0 Å². The van der Waals surface area contributed by atoms with Gasteiger partial charge in [0.05, 0.1) is 28.6 Å². The van der Waals surface area contributed by atoms with Crippen molar-refractivity contribution >= 4 is 59.5 Å². The Morgan fingerprint density at radius 2 is 2.00 bits per heavy atom. The zero-order valence-corrected chi connectivity index (χ0v) is 17.4. The third-order valence-electron chi connectivity index (χ3n) is 4.46. The van der Waals surface area contributed by atoms with E-state index in [0.29, 0.717) is 20.3 Å². The van der Waals surface area contributed by atoms with Gasteiger partial charge in [-0.15, -0.1) is 22.7 Å². The Morgan fingerprint density at radius 1 is 1.21 bits per heavy atom. The molecular formula is C19H17NO5S3. The number of sulfone groups is 1. The molecule has 1 N–H and O–H groups in total. The Balaban J connectivity index is 1.71. The lowest BCUT2D eigenvalue weighted by molar-refractivity contribution is 0.0527. The van der Waals surface area contributed by atoms with Gasteiger partial charge in [0, 0.05) is 9.58 Å². The summed E-state index contributed by atoms with van der Waals surface area (Å²) >= 11 is 2.51. The first kappa shape index (κ1) is 19.1. The van der Waals surface area contributed by atoms with Crippen molar-refractivity contribution in [1.82, 2.24) is 0 Å². The predicted molar refractivity (Wildman–Crippen MR) is 111 cm³/mol. The standard InChI is InChI=1S/C19H17NO5S3/c1-2-25-19(22)16-12-7-8-28(23,24)10-15(12)27-18(16)20-17(21)14-9-11-5-3-4-6-13(11)26-14/h3-6,9H,2,7-8,10H2,1H3,(H,20,21). The molecule has 0 unspecified atom stereocenters. The molecule has 1 aromatic carbocycles.